The summed E-state index contributed by atoms with van der Waals surface area (Å²) in [6, 6.07) is 0. The minimum atomic E-state index is -3.06. The lowest BCUT2D eigenvalue weighted by Gasteiger charge is -2.05. The molecule has 0 bridgehead atoms. The molecule has 7 heteroatoms. The maximum absolute atomic E-state index is 10.8. The highest BCUT2D eigenvalue weighted by molar-refractivity contribution is 7.88. The number of aryl methyl sites for hydroxylation is 1. The summed E-state index contributed by atoms with van der Waals surface area (Å²) in [5.41, 5.74) is 2.32. The van der Waals surface area contributed by atoms with Gasteiger partial charge in [0.15, 0.2) is 0 Å². The minimum absolute atomic E-state index is 0.470. The third-order valence-corrected chi connectivity index (χ3v) is 3.28. The molecule has 0 saturated heterocycles. The number of nitrogens with one attached hydrogen (secondary N) is 2. The Morgan fingerprint density at radius 2 is 2.12 bits per heavy atom. The van der Waals surface area contributed by atoms with E-state index < -0.39 is 10.0 Å². The SMILES string of the molecule is Cc1c(CNCCCNS(C)(=O)=O)cnn1C. The fraction of sp³-hybridized carbons (Fsp3) is 0.700. The van der Waals surface area contributed by atoms with Gasteiger partial charge in [0, 0.05) is 31.4 Å². The molecular weight excluding hydrogens is 240 g/mol. The van der Waals surface area contributed by atoms with Crippen LogP contribution in [0.4, 0.5) is 0 Å². The third kappa shape index (κ3) is 5.29. The van der Waals surface area contributed by atoms with Crippen LogP contribution in [-0.2, 0) is 23.6 Å². The van der Waals surface area contributed by atoms with Crippen LogP contribution in [0.2, 0.25) is 0 Å². The molecule has 1 rings (SSSR count). The quantitative estimate of drug-likeness (QED) is 0.663. The fourth-order valence-corrected chi connectivity index (χ4v) is 1.93. The zero-order chi connectivity index (χ0) is 12.9. The Hall–Kier alpha value is -0.920. The van der Waals surface area contributed by atoms with Crippen molar-refractivity contribution in [2.24, 2.45) is 7.05 Å². The van der Waals surface area contributed by atoms with Crippen LogP contribution in [0.15, 0.2) is 6.20 Å². The monoisotopic (exact) mass is 260 g/mol. The van der Waals surface area contributed by atoms with E-state index >= 15 is 0 Å². The van der Waals surface area contributed by atoms with Crippen molar-refractivity contribution in [3.8, 4) is 0 Å². The van der Waals surface area contributed by atoms with E-state index in [9.17, 15) is 8.42 Å². The summed E-state index contributed by atoms with van der Waals surface area (Å²) >= 11 is 0. The molecule has 0 aliphatic heterocycles. The van der Waals surface area contributed by atoms with Gasteiger partial charge in [0.25, 0.3) is 0 Å². The summed E-state index contributed by atoms with van der Waals surface area (Å²) in [6.45, 7) is 4.03. The van der Waals surface area contributed by atoms with Gasteiger partial charge in [-0.2, -0.15) is 5.10 Å². The molecule has 0 spiro atoms. The number of nitrogens with zero attached hydrogens (tertiary/aromatic N) is 2. The first-order valence-corrected chi connectivity index (χ1v) is 7.42. The number of sulfonamides is 1. The van der Waals surface area contributed by atoms with Gasteiger partial charge < -0.3 is 5.32 Å². The van der Waals surface area contributed by atoms with Gasteiger partial charge in [-0.15, -0.1) is 0 Å². The number of hydrogen-bond donors (Lipinski definition) is 2. The highest BCUT2D eigenvalue weighted by Gasteiger charge is 2.02. The van der Waals surface area contributed by atoms with E-state index in [4.69, 9.17) is 0 Å². The van der Waals surface area contributed by atoms with Gasteiger partial charge in [-0.25, -0.2) is 13.1 Å². The van der Waals surface area contributed by atoms with E-state index in [0.717, 1.165) is 25.2 Å². The van der Waals surface area contributed by atoms with Crippen LogP contribution in [0.1, 0.15) is 17.7 Å². The average Bonchev–Trinajstić information content (AvgIpc) is 2.53. The molecular formula is C10H20N4O2S. The molecule has 0 aliphatic carbocycles. The molecule has 0 aliphatic rings. The zero-order valence-corrected chi connectivity index (χ0v) is 11.3. The van der Waals surface area contributed by atoms with Gasteiger partial charge in [0.1, 0.15) is 0 Å². The molecule has 6 nitrogen and oxygen atoms in total. The Bertz CT molecular complexity index is 453. The van der Waals surface area contributed by atoms with Crippen molar-refractivity contribution in [2.75, 3.05) is 19.3 Å². The van der Waals surface area contributed by atoms with E-state index in [1.807, 2.05) is 24.9 Å². The molecule has 0 amide bonds. The first kappa shape index (κ1) is 14.1. The molecule has 2 N–H and O–H groups in total. The first-order chi connectivity index (χ1) is 7.90. The fourth-order valence-electron chi connectivity index (χ4n) is 1.41. The van der Waals surface area contributed by atoms with Crippen LogP contribution >= 0.6 is 0 Å². The molecule has 0 unspecified atom stereocenters. The second kappa shape index (κ2) is 6.13. The molecule has 1 heterocycles. The zero-order valence-electron chi connectivity index (χ0n) is 10.5. The Morgan fingerprint density at radius 3 is 2.65 bits per heavy atom. The second-order valence-electron chi connectivity index (χ2n) is 4.08. The highest BCUT2D eigenvalue weighted by atomic mass is 32.2. The minimum Gasteiger partial charge on any atom is -0.312 e. The van der Waals surface area contributed by atoms with E-state index in [2.05, 4.69) is 15.1 Å². The van der Waals surface area contributed by atoms with E-state index in [-0.39, 0.29) is 0 Å². The topological polar surface area (TPSA) is 76.0 Å². The lowest BCUT2D eigenvalue weighted by molar-refractivity contribution is 0.579. The van der Waals surface area contributed by atoms with Crippen LogP contribution in [-0.4, -0.2) is 37.5 Å². The van der Waals surface area contributed by atoms with Crippen molar-refractivity contribution in [3.05, 3.63) is 17.5 Å². The largest absolute Gasteiger partial charge is 0.312 e. The molecule has 0 saturated carbocycles. The van der Waals surface area contributed by atoms with Crippen LogP contribution in [0.5, 0.6) is 0 Å². The molecule has 0 aromatic carbocycles. The molecule has 1 aromatic heterocycles. The summed E-state index contributed by atoms with van der Waals surface area (Å²) in [6.07, 6.45) is 3.78. The molecule has 17 heavy (non-hydrogen) atoms. The number of hydrogen-bond acceptors (Lipinski definition) is 4. The molecule has 98 valence electrons. The van der Waals surface area contributed by atoms with Gasteiger partial charge >= 0.3 is 0 Å². The molecule has 0 atom stereocenters. The van der Waals surface area contributed by atoms with E-state index in [1.54, 1.807) is 0 Å². The summed E-state index contributed by atoms with van der Waals surface area (Å²) in [5.74, 6) is 0. The predicted octanol–water partition coefficient (Wildman–Crippen LogP) is -0.243. The van der Waals surface area contributed by atoms with E-state index in [1.165, 1.54) is 11.8 Å². The highest BCUT2D eigenvalue weighted by Crippen LogP contribution is 2.04. The van der Waals surface area contributed by atoms with Crippen LogP contribution < -0.4 is 10.0 Å². The van der Waals surface area contributed by atoms with Crippen molar-refractivity contribution in [3.63, 3.8) is 0 Å². The van der Waals surface area contributed by atoms with Crippen molar-refractivity contribution in [1.29, 1.82) is 0 Å². The van der Waals surface area contributed by atoms with E-state index in [0.29, 0.717) is 6.54 Å². The normalized spacial score (nSPS) is 11.9. The Morgan fingerprint density at radius 1 is 1.41 bits per heavy atom. The smallest absolute Gasteiger partial charge is 0.208 e. The lowest BCUT2D eigenvalue weighted by atomic mass is 10.2. The van der Waals surface area contributed by atoms with Crippen molar-refractivity contribution in [1.82, 2.24) is 19.8 Å². The van der Waals surface area contributed by atoms with Crippen molar-refractivity contribution in [2.45, 2.75) is 19.9 Å². The summed E-state index contributed by atoms with van der Waals surface area (Å²) in [4.78, 5) is 0. The average molecular weight is 260 g/mol. The second-order valence-corrected chi connectivity index (χ2v) is 5.91. The maximum atomic E-state index is 10.8. The molecule has 1 aromatic rings. The summed E-state index contributed by atoms with van der Waals surface area (Å²) in [7, 11) is -1.15. The molecule has 0 radical (unpaired) electrons. The lowest BCUT2D eigenvalue weighted by Crippen LogP contribution is -2.26. The van der Waals surface area contributed by atoms with Crippen LogP contribution in [0.25, 0.3) is 0 Å². The van der Waals surface area contributed by atoms with Gasteiger partial charge in [-0.1, -0.05) is 0 Å². The number of rotatable bonds is 7. The van der Waals surface area contributed by atoms with Crippen LogP contribution in [0.3, 0.4) is 0 Å². The van der Waals surface area contributed by atoms with Crippen molar-refractivity contribution < 1.29 is 8.42 Å². The Kier molecular flexibility index (Phi) is 5.10. The van der Waals surface area contributed by atoms with Gasteiger partial charge in [0.2, 0.25) is 10.0 Å². The summed E-state index contributed by atoms with van der Waals surface area (Å²) in [5, 5.41) is 7.40. The molecule has 0 fully saturated rings. The predicted molar refractivity (Wildman–Crippen MR) is 67.1 cm³/mol. The Balaban J connectivity index is 2.15. The van der Waals surface area contributed by atoms with Gasteiger partial charge in [-0.3, -0.25) is 4.68 Å². The first-order valence-electron chi connectivity index (χ1n) is 5.53. The summed E-state index contributed by atoms with van der Waals surface area (Å²) < 4.78 is 25.9. The standard InChI is InChI=1S/C10H20N4O2S/c1-9-10(8-12-14(9)2)7-11-5-4-6-13-17(3,15)16/h8,11,13H,4-7H2,1-3H3. The third-order valence-electron chi connectivity index (χ3n) is 2.55. The van der Waals surface area contributed by atoms with Crippen LogP contribution in [0, 0.1) is 6.92 Å². The van der Waals surface area contributed by atoms with Crippen molar-refractivity contribution >= 4 is 10.0 Å². The van der Waals surface area contributed by atoms with Gasteiger partial charge in [-0.05, 0) is 19.9 Å². The van der Waals surface area contributed by atoms with Gasteiger partial charge in [0.05, 0.1) is 12.5 Å². The maximum Gasteiger partial charge on any atom is 0.208 e. The Labute approximate surface area is 102 Å². The number of aromatic nitrogens is 2.